The Bertz CT molecular complexity index is 576. The highest BCUT2D eigenvalue weighted by atomic mass is 32.2. The van der Waals surface area contributed by atoms with Crippen LogP contribution < -0.4 is 0 Å². The predicted molar refractivity (Wildman–Crippen MR) is 69.2 cm³/mol. The third-order valence-electron chi connectivity index (χ3n) is 2.63. The number of hydrogen-bond donors (Lipinski definition) is 0. The number of rotatable bonds is 5. The first-order valence-electron chi connectivity index (χ1n) is 5.58. The van der Waals surface area contributed by atoms with Crippen LogP contribution >= 0.6 is 0 Å². The Labute approximate surface area is 107 Å². The van der Waals surface area contributed by atoms with Crippen LogP contribution in [0.1, 0.15) is 11.3 Å². The molecule has 2 rings (SSSR count). The van der Waals surface area contributed by atoms with E-state index in [1.54, 1.807) is 31.3 Å². The molecule has 0 N–H and O–H groups in total. The van der Waals surface area contributed by atoms with E-state index in [2.05, 4.69) is 0 Å². The Morgan fingerprint density at radius 3 is 2.44 bits per heavy atom. The van der Waals surface area contributed by atoms with E-state index in [1.807, 2.05) is 18.2 Å². The summed E-state index contributed by atoms with van der Waals surface area (Å²) in [5.74, 6) is 0.638. The zero-order valence-electron chi connectivity index (χ0n) is 10.1. The highest BCUT2D eigenvalue weighted by molar-refractivity contribution is 7.88. The van der Waals surface area contributed by atoms with Crippen molar-refractivity contribution in [1.29, 1.82) is 0 Å². The van der Waals surface area contributed by atoms with E-state index in [4.69, 9.17) is 4.42 Å². The van der Waals surface area contributed by atoms with Crippen molar-refractivity contribution in [1.82, 2.24) is 4.31 Å². The highest BCUT2D eigenvalue weighted by Gasteiger charge is 2.19. The summed E-state index contributed by atoms with van der Waals surface area (Å²) in [5.41, 5.74) is 0.781. The van der Waals surface area contributed by atoms with Gasteiger partial charge in [-0.05, 0) is 17.7 Å². The van der Waals surface area contributed by atoms with Crippen molar-refractivity contribution in [3.8, 4) is 0 Å². The molecule has 5 heteroatoms. The summed E-state index contributed by atoms with van der Waals surface area (Å²) in [6.45, 7) is 0.252. The third-order valence-corrected chi connectivity index (χ3v) is 4.40. The second kappa shape index (κ2) is 5.37. The fourth-order valence-electron chi connectivity index (χ4n) is 1.62. The number of furan rings is 1. The number of benzene rings is 1. The fourth-order valence-corrected chi connectivity index (χ4v) is 2.77. The van der Waals surface area contributed by atoms with Crippen LogP contribution in [0.4, 0.5) is 0 Å². The lowest BCUT2D eigenvalue weighted by molar-refractivity contribution is 0.406. The van der Waals surface area contributed by atoms with Crippen molar-refractivity contribution in [3.05, 3.63) is 60.1 Å². The summed E-state index contributed by atoms with van der Waals surface area (Å²) in [7, 11) is -1.76. The quantitative estimate of drug-likeness (QED) is 0.833. The molecule has 0 aliphatic rings. The first-order chi connectivity index (χ1) is 8.58. The van der Waals surface area contributed by atoms with Gasteiger partial charge in [-0.15, -0.1) is 0 Å². The smallest absolute Gasteiger partial charge is 0.218 e. The summed E-state index contributed by atoms with van der Waals surface area (Å²) in [6, 6.07) is 12.6. The SMILES string of the molecule is CN(Cc1ccco1)S(=O)(=O)Cc1ccccc1. The maximum atomic E-state index is 12.1. The Morgan fingerprint density at radius 1 is 1.11 bits per heavy atom. The molecule has 0 fully saturated rings. The molecule has 1 heterocycles. The van der Waals surface area contributed by atoms with Crippen molar-refractivity contribution < 1.29 is 12.8 Å². The van der Waals surface area contributed by atoms with Crippen LogP contribution in [-0.2, 0) is 22.3 Å². The molecular weight excluding hydrogens is 250 g/mol. The van der Waals surface area contributed by atoms with Gasteiger partial charge in [0.25, 0.3) is 0 Å². The average molecular weight is 265 g/mol. The summed E-state index contributed by atoms with van der Waals surface area (Å²) >= 11 is 0. The van der Waals surface area contributed by atoms with Gasteiger partial charge in [-0.25, -0.2) is 8.42 Å². The van der Waals surface area contributed by atoms with Gasteiger partial charge in [0.15, 0.2) is 0 Å². The van der Waals surface area contributed by atoms with Crippen molar-refractivity contribution in [3.63, 3.8) is 0 Å². The van der Waals surface area contributed by atoms with E-state index < -0.39 is 10.0 Å². The van der Waals surface area contributed by atoms with Gasteiger partial charge in [0.1, 0.15) is 5.76 Å². The lowest BCUT2D eigenvalue weighted by atomic mass is 10.2. The molecule has 0 spiro atoms. The molecule has 4 nitrogen and oxygen atoms in total. The second-order valence-electron chi connectivity index (χ2n) is 4.08. The van der Waals surface area contributed by atoms with Gasteiger partial charge in [-0.1, -0.05) is 30.3 Å². The van der Waals surface area contributed by atoms with Crippen molar-refractivity contribution in [2.75, 3.05) is 7.05 Å². The predicted octanol–water partition coefficient (Wildman–Crippen LogP) is 2.24. The first kappa shape index (κ1) is 12.9. The molecule has 0 saturated carbocycles. The molecule has 0 saturated heterocycles. The zero-order chi connectivity index (χ0) is 13.0. The maximum Gasteiger partial charge on any atom is 0.218 e. The molecule has 2 aromatic rings. The van der Waals surface area contributed by atoms with Crippen LogP contribution in [0, 0.1) is 0 Å². The summed E-state index contributed by atoms with van der Waals surface area (Å²) < 4.78 is 30.7. The summed E-state index contributed by atoms with van der Waals surface area (Å²) in [6.07, 6.45) is 1.53. The molecular formula is C13H15NO3S. The molecule has 0 aliphatic carbocycles. The highest BCUT2D eigenvalue weighted by Crippen LogP contribution is 2.12. The Kier molecular flexibility index (Phi) is 3.84. The lowest BCUT2D eigenvalue weighted by Crippen LogP contribution is -2.27. The molecule has 0 aliphatic heterocycles. The minimum absolute atomic E-state index is 0.00501. The third kappa shape index (κ3) is 3.21. The van der Waals surface area contributed by atoms with Gasteiger partial charge < -0.3 is 4.42 Å². The van der Waals surface area contributed by atoms with Crippen LogP contribution in [0.25, 0.3) is 0 Å². The van der Waals surface area contributed by atoms with Gasteiger partial charge in [0.05, 0.1) is 18.6 Å². The Hall–Kier alpha value is -1.59. The summed E-state index contributed by atoms with van der Waals surface area (Å²) in [4.78, 5) is 0. The van der Waals surface area contributed by atoms with E-state index in [-0.39, 0.29) is 12.3 Å². The van der Waals surface area contributed by atoms with Crippen LogP contribution in [0.3, 0.4) is 0 Å². The molecule has 0 radical (unpaired) electrons. The zero-order valence-corrected chi connectivity index (χ0v) is 10.9. The maximum absolute atomic E-state index is 12.1. The van der Waals surface area contributed by atoms with Gasteiger partial charge in [0.2, 0.25) is 10.0 Å². The van der Waals surface area contributed by atoms with Crippen molar-refractivity contribution >= 4 is 10.0 Å². The molecule has 0 unspecified atom stereocenters. The second-order valence-corrected chi connectivity index (χ2v) is 6.15. The van der Waals surface area contributed by atoms with E-state index in [0.29, 0.717) is 5.76 Å². The standard InChI is InChI=1S/C13H15NO3S/c1-14(10-13-8-5-9-17-13)18(15,16)11-12-6-3-2-4-7-12/h2-9H,10-11H2,1H3. The fraction of sp³-hybridized carbons (Fsp3) is 0.231. The van der Waals surface area contributed by atoms with E-state index in [9.17, 15) is 8.42 Å². The minimum atomic E-state index is -3.32. The molecule has 1 aromatic heterocycles. The van der Waals surface area contributed by atoms with E-state index in [1.165, 1.54) is 10.6 Å². The van der Waals surface area contributed by atoms with Crippen LogP contribution in [0.5, 0.6) is 0 Å². The largest absolute Gasteiger partial charge is 0.468 e. The van der Waals surface area contributed by atoms with Crippen LogP contribution in [0.15, 0.2) is 53.1 Å². The van der Waals surface area contributed by atoms with Crippen LogP contribution in [0.2, 0.25) is 0 Å². The normalized spacial score (nSPS) is 11.9. The van der Waals surface area contributed by atoms with Crippen LogP contribution in [-0.4, -0.2) is 19.8 Å². The Balaban J connectivity index is 2.06. The average Bonchev–Trinajstić information content (AvgIpc) is 2.82. The topological polar surface area (TPSA) is 50.5 Å². The first-order valence-corrected chi connectivity index (χ1v) is 7.19. The molecule has 96 valence electrons. The molecule has 0 atom stereocenters. The molecule has 0 amide bonds. The van der Waals surface area contributed by atoms with E-state index in [0.717, 1.165) is 5.56 Å². The van der Waals surface area contributed by atoms with Crippen molar-refractivity contribution in [2.45, 2.75) is 12.3 Å². The van der Waals surface area contributed by atoms with Gasteiger partial charge in [-0.3, -0.25) is 0 Å². The molecule has 18 heavy (non-hydrogen) atoms. The van der Waals surface area contributed by atoms with Gasteiger partial charge in [0, 0.05) is 7.05 Å². The Morgan fingerprint density at radius 2 is 1.83 bits per heavy atom. The monoisotopic (exact) mass is 265 g/mol. The summed E-state index contributed by atoms with van der Waals surface area (Å²) in [5, 5.41) is 0. The van der Waals surface area contributed by atoms with Crippen molar-refractivity contribution in [2.24, 2.45) is 0 Å². The molecule has 1 aromatic carbocycles. The molecule has 0 bridgehead atoms. The van der Waals surface area contributed by atoms with E-state index >= 15 is 0 Å². The minimum Gasteiger partial charge on any atom is -0.468 e. The van der Waals surface area contributed by atoms with Gasteiger partial charge in [-0.2, -0.15) is 4.31 Å². The lowest BCUT2D eigenvalue weighted by Gasteiger charge is -2.15. The number of nitrogens with zero attached hydrogens (tertiary/aromatic N) is 1. The van der Waals surface area contributed by atoms with Gasteiger partial charge >= 0.3 is 0 Å². The number of hydrogen-bond acceptors (Lipinski definition) is 3. The number of sulfonamides is 1.